The number of nitrogens with zero attached hydrogens (tertiary/aromatic N) is 4. The molecule has 0 fully saturated rings. The van der Waals surface area contributed by atoms with E-state index in [9.17, 15) is 4.79 Å². The zero-order valence-electron chi connectivity index (χ0n) is 18.5. The van der Waals surface area contributed by atoms with Gasteiger partial charge in [-0.2, -0.15) is 5.10 Å². The maximum atomic E-state index is 12.4. The van der Waals surface area contributed by atoms with E-state index in [1.165, 1.54) is 0 Å². The Hall–Kier alpha value is -2.81. The third-order valence-electron chi connectivity index (χ3n) is 4.38. The Kier molecular flexibility index (Phi) is 8.11. The summed E-state index contributed by atoms with van der Waals surface area (Å²) in [5, 5.41) is 12.4. The molecule has 3 rings (SSSR count). The number of ether oxygens (including phenoxy) is 1. The fourth-order valence-electron chi connectivity index (χ4n) is 2.93. The van der Waals surface area contributed by atoms with Crippen molar-refractivity contribution in [2.75, 3.05) is 17.6 Å². The lowest BCUT2D eigenvalue weighted by molar-refractivity contribution is -0.127. The van der Waals surface area contributed by atoms with Gasteiger partial charge < -0.3 is 15.4 Å². The number of fused-ring (bicyclic) bond motifs is 1. The minimum Gasteiger partial charge on any atom is -0.481 e. The number of benzene rings is 1. The van der Waals surface area contributed by atoms with E-state index in [2.05, 4.69) is 41.5 Å². The first kappa shape index (κ1) is 22.9. The number of nitrogens with one attached hydrogen (secondary N) is 2. The molecule has 0 saturated carbocycles. The summed E-state index contributed by atoms with van der Waals surface area (Å²) in [7, 11) is 0. The Morgan fingerprint density at radius 1 is 1.19 bits per heavy atom. The molecule has 0 spiro atoms. The summed E-state index contributed by atoms with van der Waals surface area (Å²) < 4.78 is 7.48. The summed E-state index contributed by atoms with van der Waals surface area (Å²) in [4.78, 5) is 21.8. The molecule has 1 aromatic carbocycles. The second kappa shape index (κ2) is 11.0. The molecular formula is C22H30N6O2S. The van der Waals surface area contributed by atoms with E-state index in [0.717, 1.165) is 34.2 Å². The van der Waals surface area contributed by atoms with E-state index in [-0.39, 0.29) is 11.9 Å². The molecule has 3 aromatic rings. The normalized spacial score (nSPS) is 12.2. The second-order valence-electron chi connectivity index (χ2n) is 7.47. The topological polar surface area (TPSA) is 94.0 Å². The van der Waals surface area contributed by atoms with Crippen LogP contribution in [-0.2, 0) is 11.3 Å². The number of amides is 1. The summed E-state index contributed by atoms with van der Waals surface area (Å²) in [6, 6.07) is 9.56. The van der Waals surface area contributed by atoms with E-state index >= 15 is 0 Å². The Morgan fingerprint density at radius 3 is 2.68 bits per heavy atom. The summed E-state index contributed by atoms with van der Waals surface area (Å²) in [5.41, 5.74) is 0.764. The minimum absolute atomic E-state index is 0.170. The standard InChI is InChI=1S/C22H30N6O2S/c1-5-13-31-22-26-19(25-15(2)3)18-14-24-28(20(18)27-22)12-11-23-21(29)16(4)30-17-9-7-6-8-10-17/h6-10,14-16H,5,11-13H2,1-4H3,(H,23,29)(H,25,26,27). The van der Waals surface area contributed by atoms with Crippen LogP contribution in [0.5, 0.6) is 5.75 Å². The van der Waals surface area contributed by atoms with Crippen molar-refractivity contribution in [1.82, 2.24) is 25.1 Å². The zero-order chi connectivity index (χ0) is 22.2. The average molecular weight is 443 g/mol. The van der Waals surface area contributed by atoms with Crippen LogP contribution >= 0.6 is 11.8 Å². The highest BCUT2D eigenvalue weighted by Crippen LogP contribution is 2.25. The van der Waals surface area contributed by atoms with Gasteiger partial charge >= 0.3 is 0 Å². The summed E-state index contributed by atoms with van der Waals surface area (Å²) >= 11 is 1.63. The number of thioether (sulfide) groups is 1. The van der Waals surface area contributed by atoms with Gasteiger partial charge in [-0.3, -0.25) is 4.79 Å². The van der Waals surface area contributed by atoms with Crippen molar-refractivity contribution in [2.24, 2.45) is 0 Å². The maximum Gasteiger partial charge on any atom is 0.260 e. The number of hydrogen-bond donors (Lipinski definition) is 2. The van der Waals surface area contributed by atoms with Crippen molar-refractivity contribution in [1.29, 1.82) is 0 Å². The maximum absolute atomic E-state index is 12.4. The van der Waals surface area contributed by atoms with Crippen molar-refractivity contribution in [3.8, 4) is 5.75 Å². The predicted molar refractivity (Wildman–Crippen MR) is 125 cm³/mol. The molecule has 2 aromatic heterocycles. The Bertz CT molecular complexity index is 992. The smallest absolute Gasteiger partial charge is 0.260 e. The third kappa shape index (κ3) is 6.33. The van der Waals surface area contributed by atoms with Crippen LogP contribution in [0.2, 0.25) is 0 Å². The van der Waals surface area contributed by atoms with Gasteiger partial charge in [0.05, 0.1) is 18.1 Å². The van der Waals surface area contributed by atoms with E-state index in [1.807, 2.05) is 35.0 Å². The molecule has 31 heavy (non-hydrogen) atoms. The van der Waals surface area contributed by atoms with Gasteiger partial charge in [-0.15, -0.1) is 0 Å². The molecule has 8 nitrogen and oxygen atoms in total. The van der Waals surface area contributed by atoms with Gasteiger partial charge in [-0.05, 0) is 39.3 Å². The number of carbonyl (C=O) groups is 1. The predicted octanol–water partition coefficient (Wildman–Crippen LogP) is 3.73. The summed E-state index contributed by atoms with van der Waals surface area (Å²) in [6.45, 7) is 8.95. The summed E-state index contributed by atoms with van der Waals surface area (Å²) in [5.74, 6) is 2.24. The SMILES string of the molecule is CCCSc1nc(NC(C)C)c2cnn(CCNC(=O)C(C)Oc3ccccc3)c2n1. The highest BCUT2D eigenvalue weighted by Gasteiger charge is 2.16. The molecule has 1 unspecified atom stereocenters. The molecule has 1 amide bonds. The van der Waals surface area contributed by atoms with Crippen molar-refractivity contribution in [2.45, 2.75) is 58.0 Å². The summed E-state index contributed by atoms with van der Waals surface area (Å²) in [6.07, 6.45) is 2.24. The zero-order valence-corrected chi connectivity index (χ0v) is 19.3. The minimum atomic E-state index is -0.585. The molecule has 9 heteroatoms. The van der Waals surface area contributed by atoms with Crippen molar-refractivity contribution >= 4 is 34.5 Å². The first-order chi connectivity index (χ1) is 15.0. The third-order valence-corrected chi connectivity index (χ3v) is 5.44. The number of carbonyl (C=O) groups excluding carboxylic acids is 1. The Labute approximate surface area is 187 Å². The first-order valence-electron chi connectivity index (χ1n) is 10.6. The largest absolute Gasteiger partial charge is 0.481 e. The highest BCUT2D eigenvalue weighted by atomic mass is 32.2. The van der Waals surface area contributed by atoms with Crippen LogP contribution in [0.1, 0.15) is 34.1 Å². The number of anilines is 1. The Balaban J connectivity index is 1.66. The van der Waals surface area contributed by atoms with Crippen LogP contribution in [-0.4, -0.2) is 50.1 Å². The van der Waals surface area contributed by atoms with Crippen LogP contribution in [0.4, 0.5) is 5.82 Å². The first-order valence-corrected chi connectivity index (χ1v) is 11.6. The Morgan fingerprint density at radius 2 is 1.97 bits per heavy atom. The van der Waals surface area contributed by atoms with E-state index in [4.69, 9.17) is 9.72 Å². The van der Waals surface area contributed by atoms with Gasteiger partial charge in [0.25, 0.3) is 5.91 Å². The number of hydrogen-bond acceptors (Lipinski definition) is 7. The lowest BCUT2D eigenvalue weighted by Crippen LogP contribution is -2.38. The van der Waals surface area contributed by atoms with E-state index in [1.54, 1.807) is 24.9 Å². The fraction of sp³-hybridized carbons (Fsp3) is 0.455. The van der Waals surface area contributed by atoms with Crippen molar-refractivity contribution in [3.05, 3.63) is 36.5 Å². The molecule has 166 valence electrons. The van der Waals surface area contributed by atoms with Crippen LogP contribution in [0.3, 0.4) is 0 Å². The van der Waals surface area contributed by atoms with E-state index in [0.29, 0.717) is 18.8 Å². The van der Waals surface area contributed by atoms with Gasteiger partial charge in [-0.25, -0.2) is 14.6 Å². The lowest BCUT2D eigenvalue weighted by Gasteiger charge is -2.15. The van der Waals surface area contributed by atoms with Gasteiger partial charge in [-0.1, -0.05) is 36.9 Å². The van der Waals surface area contributed by atoms with Gasteiger partial charge in [0, 0.05) is 18.3 Å². The number of para-hydroxylation sites is 1. The molecule has 0 aliphatic heterocycles. The van der Waals surface area contributed by atoms with Gasteiger partial charge in [0.15, 0.2) is 16.9 Å². The highest BCUT2D eigenvalue weighted by molar-refractivity contribution is 7.99. The second-order valence-corrected chi connectivity index (χ2v) is 8.53. The van der Waals surface area contributed by atoms with Gasteiger partial charge in [0.2, 0.25) is 0 Å². The lowest BCUT2D eigenvalue weighted by atomic mass is 10.3. The van der Waals surface area contributed by atoms with Crippen LogP contribution < -0.4 is 15.4 Å². The molecule has 0 radical (unpaired) electrons. The van der Waals surface area contributed by atoms with Crippen molar-refractivity contribution < 1.29 is 9.53 Å². The monoisotopic (exact) mass is 442 g/mol. The molecule has 0 saturated heterocycles. The molecule has 2 heterocycles. The van der Waals surface area contributed by atoms with Crippen LogP contribution in [0, 0.1) is 0 Å². The van der Waals surface area contributed by atoms with Crippen molar-refractivity contribution in [3.63, 3.8) is 0 Å². The van der Waals surface area contributed by atoms with E-state index < -0.39 is 6.10 Å². The van der Waals surface area contributed by atoms with Gasteiger partial charge in [0.1, 0.15) is 11.6 Å². The van der Waals surface area contributed by atoms with Crippen LogP contribution in [0.25, 0.3) is 11.0 Å². The fourth-order valence-corrected chi connectivity index (χ4v) is 3.62. The average Bonchev–Trinajstić information content (AvgIpc) is 3.15. The number of aromatic nitrogens is 4. The molecule has 1 atom stereocenters. The molecular weight excluding hydrogens is 412 g/mol. The number of rotatable bonds is 11. The molecule has 2 N–H and O–H groups in total. The molecule has 0 aliphatic rings. The molecule has 0 aliphatic carbocycles. The quantitative estimate of drug-likeness (QED) is 0.345. The van der Waals surface area contributed by atoms with Crippen LogP contribution in [0.15, 0.2) is 41.7 Å². The molecule has 0 bridgehead atoms.